The Bertz CT molecular complexity index is 1100. The van der Waals surface area contributed by atoms with Crippen molar-refractivity contribution in [3.8, 4) is 0 Å². The average molecular weight is 417 g/mol. The molecule has 4 N–H and O–H groups in total. The first-order valence-corrected chi connectivity index (χ1v) is 9.54. The summed E-state index contributed by atoms with van der Waals surface area (Å²) in [5.74, 6) is 0.392. The third-order valence-electron chi connectivity index (χ3n) is 5.48. The van der Waals surface area contributed by atoms with Gasteiger partial charge < -0.3 is 21.1 Å². The molecule has 0 unspecified atom stereocenters. The molecule has 6 nitrogen and oxygen atoms in total. The fourth-order valence-electron chi connectivity index (χ4n) is 3.77. The van der Waals surface area contributed by atoms with E-state index in [4.69, 9.17) is 5.73 Å². The van der Waals surface area contributed by atoms with Gasteiger partial charge in [0.2, 0.25) is 0 Å². The van der Waals surface area contributed by atoms with E-state index >= 15 is 0 Å². The molecule has 158 valence electrons. The van der Waals surface area contributed by atoms with Crippen molar-refractivity contribution in [2.75, 3.05) is 23.3 Å². The third kappa shape index (κ3) is 3.66. The highest BCUT2D eigenvalue weighted by molar-refractivity contribution is 5.95. The van der Waals surface area contributed by atoms with Gasteiger partial charge in [0.1, 0.15) is 6.17 Å². The summed E-state index contributed by atoms with van der Waals surface area (Å²) in [5, 5.41) is 22.6. The highest BCUT2D eigenvalue weighted by atomic mass is 19.4. The van der Waals surface area contributed by atoms with Gasteiger partial charge in [0.05, 0.1) is 17.4 Å². The van der Waals surface area contributed by atoms with E-state index in [9.17, 15) is 18.3 Å². The molecule has 4 rings (SSSR count). The Hall–Kier alpha value is -2.91. The smallest absolute Gasteiger partial charge is 0.389 e. The number of hydrogen-bond donors (Lipinski definition) is 3. The molecule has 0 spiro atoms. The molecule has 0 aliphatic carbocycles. The van der Waals surface area contributed by atoms with E-state index in [0.29, 0.717) is 24.5 Å². The van der Waals surface area contributed by atoms with Gasteiger partial charge in [-0.05, 0) is 43.2 Å². The predicted molar refractivity (Wildman–Crippen MR) is 109 cm³/mol. The van der Waals surface area contributed by atoms with Gasteiger partial charge in [-0.2, -0.15) is 18.3 Å². The lowest BCUT2D eigenvalue weighted by atomic mass is 10.00. The van der Waals surface area contributed by atoms with Gasteiger partial charge in [0.15, 0.2) is 5.82 Å². The van der Waals surface area contributed by atoms with Crippen LogP contribution in [-0.2, 0) is 6.18 Å². The number of alkyl halides is 3. The number of halogens is 3. The Morgan fingerprint density at radius 1 is 1.13 bits per heavy atom. The minimum atomic E-state index is -4.45. The van der Waals surface area contributed by atoms with Crippen molar-refractivity contribution in [1.29, 1.82) is 0 Å². The SMILES string of the molecule is Cc1c([C@@H](N)Nc2nnc(C)c3ccc(N4CC(O)C4)cc23)cccc1C(F)(F)F. The number of rotatable bonds is 4. The van der Waals surface area contributed by atoms with Crippen LogP contribution in [0.15, 0.2) is 36.4 Å². The molecule has 0 saturated carbocycles. The van der Waals surface area contributed by atoms with Crippen LogP contribution >= 0.6 is 0 Å². The summed E-state index contributed by atoms with van der Waals surface area (Å²) >= 11 is 0. The number of hydrogen-bond acceptors (Lipinski definition) is 6. The molecule has 0 amide bonds. The van der Waals surface area contributed by atoms with Crippen LogP contribution in [0.25, 0.3) is 10.8 Å². The van der Waals surface area contributed by atoms with E-state index in [2.05, 4.69) is 15.5 Å². The van der Waals surface area contributed by atoms with Crippen LogP contribution in [0.2, 0.25) is 0 Å². The number of aliphatic hydroxyl groups excluding tert-OH is 1. The normalized spacial score (nSPS) is 15.9. The Labute approximate surface area is 171 Å². The first kappa shape index (κ1) is 20.4. The second-order valence-electron chi connectivity index (χ2n) is 7.56. The van der Waals surface area contributed by atoms with E-state index in [1.807, 2.05) is 30.0 Å². The summed E-state index contributed by atoms with van der Waals surface area (Å²) < 4.78 is 39.8. The molecule has 30 heavy (non-hydrogen) atoms. The van der Waals surface area contributed by atoms with Gasteiger partial charge >= 0.3 is 6.18 Å². The molecule has 0 bridgehead atoms. The molecule has 1 saturated heterocycles. The fourth-order valence-corrected chi connectivity index (χ4v) is 3.77. The lowest BCUT2D eigenvalue weighted by Crippen LogP contribution is -2.50. The molecule has 1 atom stereocenters. The largest absolute Gasteiger partial charge is 0.416 e. The zero-order valence-electron chi connectivity index (χ0n) is 16.5. The number of anilines is 2. The highest BCUT2D eigenvalue weighted by Gasteiger charge is 2.33. The quantitative estimate of drug-likeness (QED) is 0.563. The minimum Gasteiger partial charge on any atom is -0.389 e. The zero-order valence-corrected chi connectivity index (χ0v) is 16.5. The van der Waals surface area contributed by atoms with E-state index in [-0.39, 0.29) is 11.7 Å². The summed E-state index contributed by atoms with van der Waals surface area (Å²) in [6, 6.07) is 9.75. The number of β-amino-alcohol motifs (C(OH)–C–C–N with tert-alkyl or cyclic N) is 1. The maximum atomic E-state index is 13.3. The number of aromatic nitrogens is 2. The van der Waals surface area contributed by atoms with E-state index in [1.165, 1.54) is 13.0 Å². The summed E-state index contributed by atoms with van der Waals surface area (Å²) in [7, 11) is 0. The van der Waals surface area contributed by atoms with Crippen molar-refractivity contribution in [2.45, 2.75) is 32.3 Å². The second-order valence-corrected chi connectivity index (χ2v) is 7.56. The van der Waals surface area contributed by atoms with Crippen LogP contribution in [0.1, 0.15) is 28.6 Å². The van der Waals surface area contributed by atoms with Crippen molar-refractivity contribution in [1.82, 2.24) is 10.2 Å². The topological polar surface area (TPSA) is 87.3 Å². The Morgan fingerprint density at radius 2 is 1.87 bits per heavy atom. The van der Waals surface area contributed by atoms with Crippen LogP contribution in [0.5, 0.6) is 0 Å². The van der Waals surface area contributed by atoms with E-state index < -0.39 is 17.9 Å². The minimum absolute atomic E-state index is 0.0737. The predicted octanol–water partition coefficient (Wildman–Crippen LogP) is 3.52. The molecule has 1 aliphatic rings. The second kappa shape index (κ2) is 7.41. The maximum absolute atomic E-state index is 13.3. The van der Waals surface area contributed by atoms with E-state index in [1.54, 1.807) is 6.07 Å². The van der Waals surface area contributed by atoms with E-state index in [0.717, 1.165) is 28.2 Å². The highest BCUT2D eigenvalue weighted by Crippen LogP contribution is 2.35. The van der Waals surface area contributed by atoms with Crippen LogP contribution in [0, 0.1) is 13.8 Å². The summed E-state index contributed by atoms with van der Waals surface area (Å²) in [6.07, 6.45) is -5.69. The number of aliphatic hydroxyl groups is 1. The first-order valence-electron chi connectivity index (χ1n) is 9.54. The molecule has 1 aromatic heterocycles. The molecular formula is C21H22F3N5O. The number of benzene rings is 2. The Morgan fingerprint density at radius 3 is 2.53 bits per heavy atom. The summed E-state index contributed by atoms with van der Waals surface area (Å²) in [5.41, 5.74) is 7.58. The van der Waals surface area contributed by atoms with Crippen LogP contribution in [-0.4, -0.2) is 34.5 Å². The van der Waals surface area contributed by atoms with Gasteiger partial charge in [-0.3, -0.25) is 0 Å². The van der Waals surface area contributed by atoms with Gasteiger partial charge in [0.25, 0.3) is 0 Å². The van der Waals surface area contributed by atoms with Crippen LogP contribution < -0.4 is 16.0 Å². The van der Waals surface area contributed by atoms with Gasteiger partial charge in [0, 0.05) is 29.5 Å². The number of nitrogens with one attached hydrogen (secondary N) is 1. The average Bonchev–Trinajstić information content (AvgIpc) is 2.66. The monoisotopic (exact) mass is 417 g/mol. The molecule has 2 aromatic carbocycles. The zero-order chi connectivity index (χ0) is 21.6. The lowest BCUT2D eigenvalue weighted by molar-refractivity contribution is -0.138. The lowest BCUT2D eigenvalue weighted by Gasteiger charge is -2.38. The molecular weight excluding hydrogens is 395 g/mol. The standard InChI is InChI=1S/C21H22F3N5O/c1-11-15(4-3-5-18(11)21(22,23)24)19(25)26-20-17-8-13(29-9-14(30)10-29)6-7-16(17)12(2)27-28-20/h3-8,14,19,30H,9-10,25H2,1-2H3,(H,26,28)/t19-/m0/s1. The molecule has 9 heteroatoms. The number of nitrogens with zero attached hydrogens (tertiary/aromatic N) is 3. The van der Waals surface area contributed by atoms with Crippen molar-refractivity contribution in [3.63, 3.8) is 0 Å². The molecule has 0 radical (unpaired) electrons. The van der Waals surface area contributed by atoms with Gasteiger partial charge in [-0.1, -0.05) is 18.2 Å². The number of nitrogens with two attached hydrogens (primary N) is 1. The molecule has 1 fully saturated rings. The summed E-state index contributed by atoms with van der Waals surface area (Å²) in [6.45, 7) is 4.35. The van der Waals surface area contributed by atoms with Crippen LogP contribution in [0.3, 0.4) is 0 Å². The fraction of sp³-hybridized carbons (Fsp3) is 0.333. The van der Waals surface area contributed by atoms with Gasteiger partial charge in [-0.15, -0.1) is 5.10 Å². The number of fused-ring (bicyclic) bond motifs is 1. The maximum Gasteiger partial charge on any atom is 0.416 e. The first-order chi connectivity index (χ1) is 14.1. The van der Waals surface area contributed by atoms with Crippen molar-refractivity contribution in [3.05, 3.63) is 58.8 Å². The van der Waals surface area contributed by atoms with Crippen molar-refractivity contribution in [2.24, 2.45) is 5.73 Å². The van der Waals surface area contributed by atoms with Gasteiger partial charge in [-0.25, -0.2) is 0 Å². The molecule has 3 aromatic rings. The van der Waals surface area contributed by atoms with Crippen molar-refractivity contribution >= 4 is 22.3 Å². The van der Waals surface area contributed by atoms with Crippen LogP contribution in [0.4, 0.5) is 24.7 Å². The Balaban J connectivity index is 1.70. The number of aryl methyl sites for hydroxylation is 1. The summed E-state index contributed by atoms with van der Waals surface area (Å²) in [4.78, 5) is 2.03. The Kier molecular flexibility index (Phi) is 5.03. The molecule has 1 aliphatic heterocycles. The molecule has 2 heterocycles. The third-order valence-corrected chi connectivity index (χ3v) is 5.48. The van der Waals surface area contributed by atoms with Crippen molar-refractivity contribution < 1.29 is 18.3 Å².